The zero-order valence-electron chi connectivity index (χ0n) is 12.6. The van der Waals surface area contributed by atoms with E-state index in [0.717, 1.165) is 18.6 Å². The molecule has 0 spiro atoms. The van der Waals surface area contributed by atoms with Gasteiger partial charge in [0.2, 0.25) is 0 Å². The zero-order chi connectivity index (χ0) is 14.2. The van der Waals surface area contributed by atoms with Gasteiger partial charge in [0, 0.05) is 36.3 Å². The summed E-state index contributed by atoms with van der Waals surface area (Å²) in [7, 11) is 2.11. The van der Waals surface area contributed by atoms with Gasteiger partial charge in [-0.25, -0.2) is 0 Å². The first kappa shape index (κ1) is 13.2. The summed E-state index contributed by atoms with van der Waals surface area (Å²) in [6.07, 6.45) is 7.23. The van der Waals surface area contributed by atoms with Crippen molar-refractivity contribution >= 4 is 10.9 Å². The molecule has 3 heteroatoms. The summed E-state index contributed by atoms with van der Waals surface area (Å²) in [6.45, 7) is 1.06. The maximum Gasteiger partial charge on any atom is 0.0746 e. The highest BCUT2D eigenvalue weighted by Crippen LogP contribution is 2.37. The Balaban J connectivity index is 1.61. The fourth-order valence-electron chi connectivity index (χ4n) is 4.26. The predicted octanol–water partition coefficient (Wildman–Crippen LogP) is 2.95. The molecule has 110 valence electrons. The molecule has 2 aliphatic heterocycles. The summed E-state index contributed by atoms with van der Waals surface area (Å²) in [4.78, 5) is 7.34. The molecule has 2 fully saturated rings. The molecule has 4 rings (SSSR count). The van der Waals surface area contributed by atoms with Crippen LogP contribution in [0.2, 0.25) is 0 Å². The molecule has 1 aromatic heterocycles. The molecular weight excluding hydrogens is 258 g/mol. The number of nitrogens with one attached hydrogen (secondary N) is 1. The minimum absolute atomic E-state index is 0.712. The first-order chi connectivity index (χ1) is 10.3. The van der Waals surface area contributed by atoms with Crippen LogP contribution in [-0.2, 0) is 6.54 Å². The van der Waals surface area contributed by atoms with E-state index < -0.39 is 0 Å². The normalized spacial score (nSPS) is 29.1. The Hall–Kier alpha value is -1.45. The van der Waals surface area contributed by atoms with Crippen molar-refractivity contribution in [2.45, 2.75) is 50.4 Å². The van der Waals surface area contributed by atoms with Crippen molar-refractivity contribution in [3.05, 3.63) is 42.1 Å². The Morgan fingerprint density at radius 3 is 2.67 bits per heavy atom. The van der Waals surface area contributed by atoms with Crippen molar-refractivity contribution in [2.75, 3.05) is 7.05 Å². The molecule has 1 N–H and O–H groups in total. The Labute approximate surface area is 126 Å². The van der Waals surface area contributed by atoms with Gasteiger partial charge >= 0.3 is 0 Å². The van der Waals surface area contributed by atoms with Gasteiger partial charge in [-0.1, -0.05) is 24.3 Å². The maximum absolute atomic E-state index is 4.61. The van der Waals surface area contributed by atoms with Crippen LogP contribution in [0.4, 0.5) is 0 Å². The molecule has 21 heavy (non-hydrogen) atoms. The third kappa shape index (κ3) is 2.34. The van der Waals surface area contributed by atoms with Gasteiger partial charge in [0.05, 0.1) is 5.52 Å². The fraction of sp³-hybridized carbons (Fsp3) is 0.500. The molecule has 0 radical (unpaired) electrons. The quantitative estimate of drug-likeness (QED) is 0.937. The van der Waals surface area contributed by atoms with Crippen LogP contribution in [0.15, 0.2) is 36.5 Å². The van der Waals surface area contributed by atoms with Crippen molar-refractivity contribution in [1.82, 2.24) is 15.2 Å². The molecule has 1 aromatic carbocycles. The topological polar surface area (TPSA) is 28.2 Å². The summed E-state index contributed by atoms with van der Waals surface area (Å²) in [5.74, 6) is 0. The van der Waals surface area contributed by atoms with E-state index >= 15 is 0 Å². The molecule has 2 aromatic rings. The van der Waals surface area contributed by atoms with Gasteiger partial charge in [-0.3, -0.25) is 9.88 Å². The molecule has 0 amide bonds. The molecule has 3 heterocycles. The van der Waals surface area contributed by atoms with Crippen LogP contribution in [0.5, 0.6) is 0 Å². The second-order valence-electron chi connectivity index (χ2n) is 6.51. The first-order valence-corrected chi connectivity index (χ1v) is 8.11. The van der Waals surface area contributed by atoms with Gasteiger partial charge in [-0.05, 0) is 44.4 Å². The van der Waals surface area contributed by atoms with Crippen LogP contribution in [0.25, 0.3) is 10.9 Å². The van der Waals surface area contributed by atoms with Crippen molar-refractivity contribution in [1.29, 1.82) is 0 Å². The first-order valence-electron chi connectivity index (χ1n) is 8.11. The van der Waals surface area contributed by atoms with Crippen LogP contribution >= 0.6 is 0 Å². The highest BCUT2D eigenvalue weighted by atomic mass is 15.2. The van der Waals surface area contributed by atoms with E-state index in [9.17, 15) is 0 Å². The second-order valence-corrected chi connectivity index (χ2v) is 6.51. The second kappa shape index (κ2) is 5.39. The number of hydrogen-bond donors (Lipinski definition) is 1. The van der Waals surface area contributed by atoms with Crippen molar-refractivity contribution in [3.8, 4) is 0 Å². The molecule has 2 bridgehead atoms. The SMILES string of the molecule is CNC1CC2CCC(C1)N2Cc1cccc2cccnc12. The Morgan fingerprint density at radius 2 is 1.90 bits per heavy atom. The number of rotatable bonds is 3. The Kier molecular flexibility index (Phi) is 3.40. The van der Waals surface area contributed by atoms with E-state index in [4.69, 9.17) is 0 Å². The van der Waals surface area contributed by atoms with Crippen LogP contribution in [0.3, 0.4) is 0 Å². The summed E-state index contributed by atoms with van der Waals surface area (Å²) in [6, 6.07) is 13.0. The van der Waals surface area contributed by atoms with Gasteiger partial charge in [0.1, 0.15) is 0 Å². The molecule has 0 aliphatic carbocycles. The number of nitrogens with zero attached hydrogens (tertiary/aromatic N) is 2. The summed E-state index contributed by atoms with van der Waals surface area (Å²) in [5.41, 5.74) is 2.56. The fourth-order valence-corrected chi connectivity index (χ4v) is 4.26. The van der Waals surface area contributed by atoms with Crippen molar-refractivity contribution < 1.29 is 0 Å². The number of aromatic nitrogens is 1. The summed E-state index contributed by atoms with van der Waals surface area (Å²) >= 11 is 0. The number of para-hydroxylation sites is 1. The predicted molar refractivity (Wildman–Crippen MR) is 86.2 cm³/mol. The molecule has 2 saturated heterocycles. The standard InChI is InChI=1S/C18H23N3/c1-19-15-10-16-7-8-17(11-15)21(16)12-14-5-2-4-13-6-3-9-20-18(13)14/h2-6,9,15-17,19H,7-8,10-12H2,1H3. The monoisotopic (exact) mass is 281 g/mol. The zero-order valence-corrected chi connectivity index (χ0v) is 12.6. The third-order valence-corrected chi connectivity index (χ3v) is 5.36. The average molecular weight is 281 g/mol. The number of hydrogen-bond acceptors (Lipinski definition) is 3. The van der Waals surface area contributed by atoms with Gasteiger partial charge in [-0.15, -0.1) is 0 Å². The lowest BCUT2D eigenvalue weighted by molar-refractivity contribution is 0.112. The number of pyridine rings is 1. The highest BCUT2D eigenvalue weighted by molar-refractivity contribution is 5.81. The molecule has 2 unspecified atom stereocenters. The van der Waals surface area contributed by atoms with E-state index in [1.807, 2.05) is 12.3 Å². The lowest BCUT2D eigenvalue weighted by Crippen LogP contribution is -2.47. The van der Waals surface area contributed by atoms with E-state index in [1.54, 1.807) is 0 Å². The van der Waals surface area contributed by atoms with E-state index in [1.165, 1.54) is 42.1 Å². The molecule has 0 saturated carbocycles. The van der Waals surface area contributed by atoms with Crippen LogP contribution in [0, 0.1) is 0 Å². The van der Waals surface area contributed by atoms with E-state index in [0.29, 0.717) is 6.04 Å². The van der Waals surface area contributed by atoms with E-state index in [2.05, 4.69) is 46.5 Å². The molecule has 2 atom stereocenters. The maximum atomic E-state index is 4.61. The third-order valence-electron chi connectivity index (χ3n) is 5.36. The minimum Gasteiger partial charge on any atom is -0.317 e. The van der Waals surface area contributed by atoms with E-state index in [-0.39, 0.29) is 0 Å². The smallest absolute Gasteiger partial charge is 0.0746 e. The lowest BCUT2D eigenvalue weighted by atomic mass is 9.96. The van der Waals surface area contributed by atoms with Crippen molar-refractivity contribution in [3.63, 3.8) is 0 Å². The van der Waals surface area contributed by atoms with Crippen LogP contribution in [-0.4, -0.2) is 35.1 Å². The summed E-state index contributed by atoms with van der Waals surface area (Å²) in [5, 5.41) is 4.74. The number of piperidine rings is 1. The highest BCUT2D eigenvalue weighted by Gasteiger charge is 2.40. The Bertz CT molecular complexity index is 620. The van der Waals surface area contributed by atoms with Crippen molar-refractivity contribution in [2.24, 2.45) is 0 Å². The molecular formula is C18H23N3. The van der Waals surface area contributed by atoms with Gasteiger partial charge in [0.15, 0.2) is 0 Å². The minimum atomic E-state index is 0.712. The van der Waals surface area contributed by atoms with Gasteiger partial charge in [0.25, 0.3) is 0 Å². The molecule has 2 aliphatic rings. The molecule has 3 nitrogen and oxygen atoms in total. The number of benzene rings is 1. The lowest BCUT2D eigenvalue weighted by Gasteiger charge is -2.39. The van der Waals surface area contributed by atoms with Gasteiger partial charge < -0.3 is 5.32 Å². The summed E-state index contributed by atoms with van der Waals surface area (Å²) < 4.78 is 0. The Morgan fingerprint density at radius 1 is 1.14 bits per heavy atom. The van der Waals surface area contributed by atoms with Crippen LogP contribution < -0.4 is 5.32 Å². The number of fused-ring (bicyclic) bond motifs is 3. The van der Waals surface area contributed by atoms with Crippen LogP contribution in [0.1, 0.15) is 31.2 Å². The largest absolute Gasteiger partial charge is 0.317 e. The van der Waals surface area contributed by atoms with Gasteiger partial charge in [-0.2, -0.15) is 0 Å². The average Bonchev–Trinajstić information content (AvgIpc) is 2.77.